The average Bonchev–Trinajstić information content (AvgIpc) is 2.90. The first-order chi connectivity index (χ1) is 17.4. The molecule has 0 unspecified atom stereocenters. The maximum Gasteiger partial charge on any atom is 0.120 e. The van der Waals surface area contributed by atoms with Gasteiger partial charge in [-0.3, -0.25) is 0 Å². The fraction of sp³-hybridized carbons (Fsp3) is 0.0625. The molecule has 5 aromatic rings. The van der Waals surface area contributed by atoms with Gasteiger partial charge in [0.15, 0.2) is 0 Å². The molecule has 0 saturated heterocycles. The minimum Gasteiger partial charge on any atom is -0.508 e. The standard InChI is InChI=1S/C32H26O4/c1-32(25-5-3-2-4-6-25,28-19-23(11-17-30(28)35)21-7-13-26(33)14-8-21)29-20-24(12-18-31(29)36)22-9-15-27(34)16-10-22/h2-20,33-36H,1H3. The zero-order valence-electron chi connectivity index (χ0n) is 19.8. The second kappa shape index (κ2) is 9.16. The summed E-state index contributed by atoms with van der Waals surface area (Å²) in [6.07, 6.45) is 0. The highest BCUT2D eigenvalue weighted by molar-refractivity contribution is 5.72. The van der Waals surface area contributed by atoms with E-state index in [1.165, 1.54) is 0 Å². The van der Waals surface area contributed by atoms with E-state index in [4.69, 9.17) is 0 Å². The van der Waals surface area contributed by atoms with E-state index < -0.39 is 5.41 Å². The van der Waals surface area contributed by atoms with Gasteiger partial charge < -0.3 is 20.4 Å². The Morgan fingerprint density at radius 1 is 0.444 bits per heavy atom. The van der Waals surface area contributed by atoms with Crippen molar-refractivity contribution in [1.29, 1.82) is 0 Å². The molecule has 4 nitrogen and oxygen atoms in total. The summed E-state index contributed by atoms with van der Waals surface area (Å²) in [6, 6.07) is 34.5. The van der Waals surface area contributed by atoms with E-state index in [-0.39, 0.29) is 23.0 Å². The molecule has 0 atom stereocenters. The number of aromatic hydroxyl groups is 4. The monoisotopic (exact) mass is 474 g/mol. The minimum absolute atomic E-state index is 0.110. The van der Waals surface area contributed by atoms with Crippen molar-refractivity contribution in [2.24, 2.45) is 0 Å². The first kappa shape index (κ1) is 23.1. The van der Waals surface area contributed by atoms with Crippen LogP contribution in [0.4, 0.5) is 0 Å². The first-order valence-corrected chi connectivity index (χ1v) is 11.7. The van der Waals surface area contributed by atoms with Crippen LogP contribution in [0.25, 0.3) is 22.3 Å². The summed E-state index contributed by atoms with van der Waals surface area (Å²) in [6.45, 7) is 1.99. The van der Waals surface area contributed by atoms with E-state index in [0.29, 0.717) is 11.1 Å². The Hall–Kier alpha value is -4.70. The van der Waals surface area contributed by atoms with Crippen molar-refractivity contribution in [1.82, 2.24) is 0 Å². The second-order valence-corrected chi connectivity index (χ2v) is 9.05. The fourth-order valence-corrected chi connectivity index (χ4v) is 4.77. The Balaban J connectivity index is 1.75. The van der Waals surface area contributed by atoms with Gasteiger partial charge in [0.2, 0.25) is 0 Å². The molecule has 4 heteroatoms. The van der Waals surface area contributed by atoms with Gasteiger partial charge in [-0.15, -0.1) is 0 Å². The van der Waals surface area contributed by atoms with Gasteiger partial charge in [0.1, 0.15) is 23.0 Å². The Kier molecular flexibility index (Phi) is 5.87. The Morgan fingerprint density at radius 3 is 1.25 bits per heavy atom. The van der Waals surface area contributed by atoms with Crippen LogP contribution >= 0.6 is 0 Å². The predicted molar refractivity (Wildman–Crippen MR) is 142 cm³/mol. The summed E-state index contributed by atoms with van der Waals surface area (Å²) >= 11 is 0. The van der Waals surface area contributed by atoms with Gasteiger partial charge in [0.05, 0.1) is 0 Å². The first-order valence-electron chi connectivity index (χ1n) is 11.7. The molecule has 0 aliphatic carbocycles. The zero-order chi connectivity index (χ0) is 25.3. The lowest BCUT2D eigenvalue weighted by molar-refractivity contribution is 0.442. The molecule has 0 saturated carbocycles. The number of rotatable bonds is 5. The van der Waals surface area contributed by atoms with E-state index in [2.05, 4.69) is 0 Å². The Morgan fingerprint density at radius 2 is 0.833 bits per heavy atom. The van der Waals surface area contributed by atoms with Crippen LogP contribution in [0.3, 0.4) is 0 Å². The Labute approximate surface area is 210 Å². The number of phenolic OH excluding ortho intramolecular Hbond substituents is 4. The van der Waals surface area contributed by atoms with Crippen molar-refractivity contribution < 1.29 is 20.4 Å². The van der Waals surface area contributed by atoms with Crippen molar-refractivity contribution in [3.63, 3.8) is 0 Å². The quantitative estimate of drug-likeness (QED) is 0.203. The molecule has 4 N–H and O–H groups in total. The molecule has 0 heterocycles. The number of hydrogen-bond donors (Lipinski definition) is 4. The number of benzene rings is 5. The molecule has 0 radical (unpaired) electrons. The van der Waals surface area contributed by atoms with Gasteiger partial charge in [-0.2, -0.15) is 0 Å². The third-order valence-electron chi connectivity index (χ3n) is 6.82. The summed E-state index contributed by atoms with van der Waals surface area (Å²) in [5.74, 6) is 0.585. The van der Waals surface area contributed by atoms with Gasteiger partial charge in [0.25, 0.3) is 0 Å². The van der Waals surface area contributed by atoms with E-state index in [9.17, 15) is 20.4 Å². The molecular formula is C32H26O4. The normalized spacial score (nSPS) is 11.4. The molecule has 178 valence electrons. The average molecular weight is 475 g/mol. The minimum atomic E-state index is -0.907. The van der Waals surface area contributed by atoms with Gasteiger partial charge in [-0.25, -0.2) is 0 Å². The lowest BCUT2D eigenvalue weighted by atomic mass is 9.69. The summed E-state index contributed by atoms with van der Waals surface area (Å²) in [7, 11) is 0. The molecule has 36 heavy (non-hydrogen) atoms. The number of phenols is 4. The maximum atomic E-state index is 11.1. The highest BCUT2D eigenvalue weighted by atomic mass is 16.3. The van der Waals surface area contributed by atoms with Crippen molar-refractivity contribution in [3.8, 4) is 45.3 Å². The van der Waals surface area contributed by atoms with E-state index in [1.54, 1.807) is 36.4 Å². The van der Waals surface area contributed by atoms with Crippen LogP contribution in [-0.2, 0) is 5.41 Å². The lowest BCUT2D eigenvalue weighted by Crippen LogP contribution is -2.26. The highest BCUT2D eigenvalue weighted by Gasteiger charge is 2.36. The molecule has 0 aliphatic rings. The molecule has 0 aromatic heterocycles. The van der Waals surface area contributed by atoms with Crippen LogP contribution in [0.5, 0.6) is 23.0 Å². The van der Waals surface area contributed by atoms with Crippen molar-refractivity contribution in [2.45, 2.75) is 12.3 Å². The molecular weight excluding hydrogens is 448 g/mol. The van der Waals surface area contributed by atoms with Crippen LogP contribution < -0.4 is 0 Å². The molecule has 0 fully saturated rings. The van der Waals surface area contributed by atoms with E-state index in [1.807, 2.05) is 85.8 Å². The van der Waals surface area contributed by atoms with Gasteiger partial charge in [-0.05, 0) is 83.3 Å². The van der Waals surface area contributed by atoms with Gasteiger partial charge in [0, 0.05) is 16.5 Å². The molecule has 0 amide bonds. The van der Waals surface area contributed by atoms with E-state index in [0.717, 1.165) is 27.8 Å². The highest BCUT2D eigenvalue weighted by Crippen LogP contribution is 2.47. The lowest BCUT2D eigenvalue weighted by Gasteiger charge is -2.33. The molecule has 0 bridgehead atoms. The van der Waals surface area contributed by atoms with E-state index >= 15 is 0 Å². The summed E-state index contributed by atoms with van der Waals surface area (Å²) in [5, 5.41) is 41.7. The van der Waals surface area contributed by atoms with Crippen LogP contribution in [0.15, 0.2) is 115 Å². The SMILES string of the molecule is CC(c1ccccc1)(c1cc(-c2ccc(O)cc2)ccc1O)c1cc(-c2ccc(O)cc2)ccc1O. The summed E-state index contributed by atoms with van der Waals surface area (Å²) in [5.41, 5.74) is 4.81. The summed E-state index contributed by atoms with van der Waals surface area (Å²) < 4.78 is 0. The van der Waals surface area contributed by atoms with Crippen molar-refractivity contribution >= 4 is 0 Å². The van der Waals surface area contributed by atoms with Crippen LogP contribution in [0, 0.1) is 0 Å². The van der Waals surface area contributed by atoms with Crippen molar-refractivity contribution in [2.75, 3.05) is 0 Å². The topological polar surface area (TPSA) is 80.9 Å². The third-order valence-corrected chi connectivity index (χ3v) is 6.82. The predicted octanol–water partition coefficient (Wildman–Crippen LogP) is 7.20. The molecule has 5 aromatic carbocycles. The van der Waals surface area contributed by atoms with Gasteiger partial charge in [-0.1, -0.05) is 66.7 Å². The zero-order valence-corrected chi connectivity index (χ0v) is 19.8. The molecule has 5 rings (SSSR count). The smallest absolute Gasteiger partial charge is 0.120 e. The largest absolute Gasteiger partial charge is 0.508 e. The fourth-order valence-electron chi connectivity index (χ4n) is 4.77. The molecule has 0 aliphatic heterocycles. The van der Waals surface area contributed by atoms with Crippen LogP contribution in [0.2, 0.25) is 0 Å². The summed E-state index contributed by atoms with van der Waals surface area (Å²) in [4.78, 5) is 0. The third kappa shape index (κ3) is 4.14. The van der Waals surface area contributed by atoms with Crippen LogP contribution in [0.1, 0.15) is 23.6 Å². The van der Waals surface area contributed by atoms with Crippen LogP contribution in [-0.4, -0.2) is 20.4 Å². The maximum absolute atomic E-state index is 11.1. The number of hydrogen-bond acceptors (Lipinski definition) is 4. The van der Waals surface area contributed by atoms with Crippen molar-refractivity contribution in [3.05, 3.63) is 132 Å². The Bertz CT molecular complexity index is 1410. The molecule has 0 spiro atoms. The van der Waals surface area contributed by atoms with Gasteiger partial charge >= 0.3 is 0 Å². The second-order valence-electron chi connectivity index (χ2n) is 9.05.